The number of carbonyl (C=O) groups excluding carboxylic acids is 1. The molecule has 0 unspecified atom stereocenters. The highest BCUT2D eigenvalue weighted by Crippen LogP contribution is 2.38. The lowest BCUT2D eigenvalue weighted by Gasteiger charge is -2.38. The second kappa shape index (κ2) is 8.59. The van der Waals surface area contributed by atoms with Crippen molar-refractivity contribution in [3.63, 3.8) is 0 Å². The molecule has 1 atom stereocenters. The fraction of sp³-hybridized carbons (Fsp3) is 0.611. The summed E-state index contributed by atoms with van der Waals surface area (Å²) < 4.78 is 0. The molecule has 0 bridgehead atoms. The Bertz CT molecular complexity index is 457. The van der Waals surface area contributed by atoms with Gasteiger partial charge in [-0.15, -0.1) is 0 Å². The van der Waals surface area contributed by atoms with E-state index in [2.05, 4.69) is 35.6 Å². The van der Waals surface area contributed by atoms with Crippen LogP contribution in [-0.4, -0.2) is 30.5 Å². The molecule has 1 fully saturated rings. The second-order valence-electron chi connectivity index (χ2n) is 6.31. The number of benzene rings is 1. The van der Waals surface area contributed by atoms with E-state index in [1.165, 1.54) is 24.8 Å². The molecule has 0 aliphatic heterocycles. The minimum atomic E-state index is -0.385. The van der Waals surface area contributed by atoms with Crippen molar-refractivity contribution in [1.29, 1.82) is 0 Å². The molecule has 0 saturated heterocycles. The van der Waals surface area contributed by atoms with Gasteiger partial charge in [0.05, 0.1) is 6.04 Å². The van der Waals surface area contributed by atoms with E-state index in [-0.39, 0.29) is 17.4 Å². The number of amides is 1. The van der Waals surface area contributed by atoms with Gasteiger partial charge in [-0.25, -0.2) is 0 Å². The molecule has 1 aromatic rings. The monoisotopic (exact) mass is 320 g/mol. The number of hydrogen-bond donors (Lipinski definition) is 2. The number of hydrogen-bond acceptors (Lipinski definition) is 3. The number of nitrogens with two attached hydrogens (primary N) is 1. The summed E-state index contributed by atoms with van der Waals surface area (Å²) in [6.07, 6.45) is 8.86. The van der Waals surface area contributed by atoms with Crippen LogP contribution in [0.2, 0.25) is 0 Å². The molecular formula is C18H28N2OS. The van der Waals surface area contributed by atoms with Gasteiger partial charge in [0.15, 0.2) is 0 Å². The first-order valence-corrected chi connectivity index (χ1v) is 9.65. The van der Waals surface area contributed by atoms with Crippen LogP contribution in [0.15, 0.2) is 30.3 Å². The molecule has 1 aliphatic carbocycles. The van der Waals surface area contributed by atoms with E-state index < -0.39 is 0 Å². The molecule has 3 nitrogen and oxygen atoms in total. The van der Waals surface area contributed by atoms with Crippen LogP contribution >= 0.6 is 11.8 Å². The fourth-order valence-corrected chi connectivity index (χ4v) is 3.84. The van der Waals surface area contributed by atoms with Gasteiger partial charge in [0, 0.05) is 12.0 Å². The SMILES string of the molecule is CSCC[C@H](N)C(=O)NCC1(c2ccccc2)CCCCC1. The number of carbonyl (C=O) groups is 1. The Balaban J connectivity index is 2.00. The van der Waals surface area contributed by atoms with Gasteiger partial charge in [-0.05, 0) is 36.8 Å². The quantitative estimate of drug-likeness (QED) is 0.812. The molecular weight excluding hydrogens is 292 g/mol. The van der Waals surface area contributed by atoms with Crippen molar-refractivity contribution in [3.8, 4) is 0 Å². The molecule has 1 amide bonds. The molecule has 0 aromatic heterocycles. The van der Waals surface area contributed by atoms with Crippen LogP contribution < -0.4 is 11.1 Å². The highest BCUT2D eigenvalue weighted by atomic mass is 32.2. The minimum absolute atomic E-state index is 0.00469. The highest BCUT2D eigenvalue weighted by Gasteiger charge is 2.34. The summed E-state index contributed by atoms with van der Waals surface area (Å²) in [6.45, 7) is 0.711. The van der Waals surface area contributed by atoms with Crippen LogP contribution in [0.5, 0.6) is 0 Å². The Kier molecular flexibility index (Phi) is 6.77. The van der Waals surface area contributed by atoms with Crippen LogP contribution in [0.3, 0.4) is 0 Å². The molecule has 0 spiro atoms. The molecule has 1 saturated carbocycles. The summed E-state index contributed by atoms with van der Waals surface area (Å²) >= 11 is 1.73. The topological polar surface area (TPSA) is 55.1 Å². The van der Waals surface area contributed by atoms with Crippen LogP contribution in [0.4, 0.5) is 0 Å². The van der Waals surface area contributed by atoms with Crippen LogP contribution in [-0.2, 0) is 10.2 Å². The van der Waals surface area contributed by atoms with E-state index in [1.54, 1.807) is 11.8 Å². The Hall–Kier alpha value is -1.00. The van der Waals surface area contributed by atoms with Gasteiger partial charge in [0.1, 0.15) is 0 Å². The van der Waals surface area contributed by atoms with E-state index in [1.807, 2.05) is 6.26 Å². The van der Waals surface area contributed by atoms with E-state index in [0.29, 0.717) is 6.54 Å². The van der Waals surface area contributed by atoms with E-state index >= 15 is 0 Å². The van der Waals surface area contributed by atoms with Crippen molar-refractivity contribution >= 4 is 17.7 Å². The first kappa shape index (κ1) is 17.4. The molecule has 1 aromatic carbocycles. The lowest BCUT2D eigenvalue weighted by molar-refractivity contribution is -0.122. The standard InChI is InChI=1S/C18H28N2OS/c1-22-13-10-16(19)17(21)20-14-18(11-6-3-7-12-18)15-8-4-2-5-9-15/h2,4-5,8-9,16H,3,6-7,10-14,19H2,1H3,(H,20,21)/t16-/m0/s1. The van der Waals surface area contributed by atoms with E-state index in [0.717, 1.165) is 25.0 Å². The molecule has 4 heteroatoms. The molecule has 1 aliphatic rings. The normalized spacial score (nSPS) is 18.6. The van der Waals surface area contributed by atoms with Gasteiger partial charge in [0.25, 0.3) is 0 Å². The Morgan fingerprint density at radius 1 is 1.27 bits per heavy atom. The third-order valence-corrected chi connectivity index (χ3v) is 5.41. The lowest BCUT2D eigenvalue weighted by atomic mass is 9.69. The molecule has 122 valence electrons. The fourth-order valence-electron chi connectivity index (χ4n) is 3.35. The van der Waals surface area contributed by atoms with Gasteiger partial charge >= 0.3 is 0 Å². The predicted octanol–water partition coefficient (Wildman–Crippen LogP) is 3.09. The molecule has 0 heterocycles. The zero-order valence-electron chi connectivity index (χ0n) is 13.5. The lowest BCUT2D eigenvalue weighted by Crippen LogP contribution is -2.47. The van der Waals surface area contributed by atoms with Crippen molar-refractivity contribution in [1.82, 2.24) is 5.32 Å². The Morgan fingerprint density at radius 2 is 1.95 bits per heavy atom. The van der Waals surface area contributed by atoms with Gasteiger partial charge in [-0.2, -0.15) is 11.8 Å². The minimum Gasteiger partial charge on any atom is -0.354 e. The Morgan fingerprint density at radius 3 is 2.59 bits per heavy atom. The first-order valence-electron chi connectivity index (χ1n) is 8.26. The molecule has 3 N–H and O–H groups in total. The summed E-state index contributed by atoms with van der Waals surface area (Å²) in [7, 11) is 0. The second-order valence-corrected chi connectivity index (χ2v) is 7.30. The average molecular weight is 321 g/mol. The van der Waals surface area contributed by atoms with Gasteiger partial charge in [-0.1, -0.05) is 49.6 Å². The molecule has 2 rings (SSSR count). The van der Waals surface area contributed by atoms with Crippen molar-refractivity contribution in [2.45, 2.75) is 50.0 Å². The molecule has 22 heavy (non-hydrogen) atoms. The largest absolute Gasteiger partial charge is 0.354 e. The van der Waals surface area contributed by atoms with Crippen molar-refractivity contribution in [2.24, 2.45) is 5.73 Å². The van der Waals surface area contributed by atoms with Gasteiger partial charge in [0.2, 0.25) is 5.91 Å². The van der Waals surface area contributed by atoms with Crippen molar-refractivity contribution < 1.29 is 4.79 Å². The summed E-state index contributed by atoms with van der Waals surface area (Å²) in [6, 6.07) is 10.3. The summed E-state index contributed by atoms with van der Waals surface area (Å²) in [5.41, 5.74) is 7.42. The van der Waals surface area contributed by atoms with Crippen LogP contribution in [0, 0.1) is 0 Å². The van der Waals surface area contributed by atoms with Crippen LogP contribution in [0.1, 0.15) is 44.1 Å². The summed E-state index contributed by atoms with van der Waals surface area (Å²) in [5.74, 6) is 0.924. The smallest absolute Gasteiger partial charge is 0.236 e. The summed E-state index contributed by atoms with van der Waals surface area (Å²) in [5, 5.41) is 3.13. The average Bonchev–Trinajstić information content (AvgIpc) is 2.59. The van der Waals surface area contributed by atoms with Crippen molar-refractivity contribution in [2.75, 3.05) is 18.6 Å². The van der Waals surface area contributed by atoms with Gasteiger partial charge < -0.3 is 11.1 Å². The maximum absolute atomic E-state index is 12.2. The Labute approximate surface area is 138 Å². The zero-order valence-corrected chi connectivity index (χ0v) is 14.3. The zero-order chi connectivity index (χ0) is 15.8. The number of nitrogens with one attached hydrogen (secondary N) is 1. The predicted molar refractivity (Wildman–Crippen MR) is 95.2 cm³/mol. The van der Waals surface area contributed by atoms with Gasteiger partial charge in [-0.3, -0.25) is 4.79 Å². The summed E-state index contributed by atoms with van der Waals surface area (Å²) in [4.78, 5) is 12.2. The third-order valence-electron chi connectivity index (χ3n) is 4.77. The van der Waals surface area contributed by atoms with E-state index in [9.17, 15) is 4.79 Å². The number of rotatable bonds is 7. The van der Waals surface area contributed by atoms with E-state index in [4.69, 9.17) is 5.73 Å². The maximum Gasteiger partial charge on any atom is 0.236 e. The van der Waals surface area contributed by atoms with Crippen molar-refractivity contribution in [3.05, 3.63) is 35.9 Å². The first-order chi connectivity index (χ1) is 10.7. The highest BCUT2D eigenvalue weighted by molar-refractivity contribution is 7.98. The van der Waals surface area contributed by atoms with Crippen LogP contribution in [0.25, 0.3) is 0 Å². The maximum atomic E-state index is 12.2. The third kappa shape index (κ3) is 4.50. The molecule has 0 radical (unpaired) electrons. The number of thioether (sulfide) groups is 1.